The van der Waals surface area contributed by atoms with Crippen LogP contribution >= 0.6 is 15.9 Å². The number of primary amides is 1. The molecule has 0 bridgehead atoms. The first kappa shape index (κ1) is 15.9. The van der Waals surface area contributed by atoms with Crippen LogP contribution in [0.3, 0.4) is 0 Å². The number of carboxylic acids is 1. The van der Waals surface area contributed by atoms with Crippen molar-refractivity contribution in [2.24, 2.45) is 5.73 Å². The van der Waals surface area contributed by atoms with Gasteiger partial charge in [-0.05, 0) is 47.0 Å². The molecule has 1 heterocycles. The lowest BCUT2D eigenvalue weighted by molar-refractivity contribution is -0.121. The van der Waals surface area contributed by atoms with E-state index in [-0.39, 0.29) is 21.5 Å². The highest BCUT2D eigenvalue weighted by Crippen LogP contribution is 2.28. The third-order valence-corrected chi connectivity index (χ3v) is 5.90. The largest absolute Gasteiger partial charge is 0.478 e. The van der Waals surface area contributed by atoms with Crippen LogP contribution in [0.1, 0.15) is 23.2 Å². The summed E-state index contributed by atoms with van der Waals surface area (Å²) in [4.78, 5) is 22.2. The number of rotatable bonds is 4. The molecule has 0 aromatic heterocycles. The topological polar surface area (TPSA) is 118 Å². The van der Waals surface area contributed by atoms with Crippen LogP contribution in [0, 0.1) is 0 Å². The second-order valence-electron chi connectivity index (χ2n) is 4.62. The Morgan fingerprint density at radius 3 is 2.62 bits per heavy atom. The molecule has 0 radical (unpaired) electrons. The van der Waals surface area contributed by atoms with Gasteiger partial charge >= 0.3 is 5.97 Å². The molecule has 0 saturated carbocycles. The van der Waals surface area contributed by atoms with E-state index >= 15 is 0 Å². The van der Waals surface area contributed by atoms with E-state index in [0.717, 1.165) is 10.4 Å². The normalized spacial score (nSPS) is 19.6. The highest BCUT2D eigenvalue weighted by atomic mass is 79.9. The third kappa shape index (κ3) is 2.94. The summed E-state index contributed by atoms with van der Waals surface area (Å²) in [6.45, 7) is 0.189. The number of nitrogens with zero attached hydrogens (tertiary/aromatic N) is 1. The highest BCUT2D eigenvalue weighted by molar-refractivity contribution is 9.10. The highest BCUT2D eigenvalue weighted by Gasteiger charge is 2.38. The van der Waals surface area contributed by atoms with E-state index in [1.54, 1.807) is 0 Å². The van der Waals surface area contributed by atoms with E-state index in [1.807, 2.05) is 0 Å². The number of carbonyl (C=O) groups is 2. The predicted molar refractivity (Wildman–Crippen MR) is 77.2 cm³/mol. The molecule has 1 aromatic rings. The molecule has 114 valence electrons. The van der Waals surface area contributed by atoms with Crippen molar-refractivity contribution in [3.63, 3.8) is 0 Å². The molecule has 1 fully saturated rings. The molecule has 0 unspecified atom stereocenters. The maximum absolute atomic E-state index is 12.5. The van der Waals surface area contributed by atoms with E-state index in [0.29, 0.717) is 12.8 Å². The van der Waals surface area contributed by atoms with Crippen LogP contribution in [-0.4, -0.2) is 42.3 Å². The van der Waals surface area contributed by atoms with Gasteiger partial charge in [0.2, 0.25) is 15.9 Å². The lowest BCUT2D eigenvalue weighted by Crippen LogP contribution is -2.43. The van der Waals surface area contributed by atoms with Gasteiger partial charge in [-0.1, -0.05) is 0 Å². The van der Waals surface area contributed by atoms with E-state index in [1.165, 1.54) is 12.1 Å². The van der Waals surface area contributed by atoms with Crippen LogP contribution in [0.25, 0.3) is 0 Å². The summed E-state index contributed by atoms with van der Waals surface area (Å²) in [5.74, 6) is -1.95. The Hall–Kier alpha value is -1.45. The lowest BCUT2D eigenvalue weighted by Gasteiger charge is -2.21. The maximum Gasteiger partial charge on any atom is 0.336 e. The van der Waals surface area contributed by atoms with Crippen LogP contribution in [0.5, 0.6) is 0 Å². The third-order valence-electron chi connectivity index (χ3n) is 3.31. The summed E-state index contributed by atoms with van der Waals surface area (Å²) in [6.07, 6.45) is 0.909. The molecule has 0 aliphatic carbocycles. The smallest absolute Gasteiger partial charge is 0.336 e. The van der Waals surface area contributed by atoms with Crippen molar-refractivity contribution >= 4 is 37.8 Å². The first-order valence-electron chi connectivity index (χ1n) is 6.09. The molecule has 1 saturated heterocycles. The second-order valence-corrected chi connectivity index (χ2v) is 7.37. The van der Waals surface area contributed by atoms with Crippen molar-refractivity contribution in [2.45, 2.75) is 23.8 Å². The number of sulfonamides is 1. The average molecular weight is 377 g/mol. The van der Waals surface area contributed by atoms with Crippen LogP contribution in [-0.2, 0) is 14.8 Å². The van der Waals surface area contributed by atoms with E-state index < -0.39 is 27.9 Å². The van der Waals surface area contributed by atoms with E-state index in [2.05, 4.69) is 15.9 Å². The van der Waals surface area contributed by atoms with Gasteiger partial charge in [-0.15, -0.1) is 0 Å². The molecule has 1 aromatic carbocycles. The number of carboxylic acid groups (broad SMARTS) is 1. The van der Waals surface area contributed by atoms with Crippen molar-refractivity contribution in [3.05, 3.63) is 28.2 Å². The van der Waals surface area contributed by atoms with Crippen LogP contribution in [0.15, 0.2) is 27.6 Å². The summed E-state index contributed by atoms with van der Waals surface area (Å²) in [5.41, 5.74) is 5.06. The number of hydrogen-bond donors (Lipinski definition) is 2. The van der Waals surface area contributed by atoms with Gasteiger partial charge in [-0.3, -0.25) is 4.79 Å². The number of carbonyl (C=O) groups excluding carboxylic acids is 1. The van der Waals surface area contributed by atoms with Crippen molar-refractivity contribution in [1.82, 2.24) is 4.31 Å². The quantitative estimate of drug-likeness (QED) is 0.804. The zero-order chi connectivity index (χ0) is 15.8. The lowest BCUT2D eigenvalue weighted by atomic mass is 10.2. The molecule has 2 rings (SSSR count). The molecule has 21 heavy (non-hydrogen) atoms. The number of aromatic carboxylic acids is 1. The summed E-state index contributed by atoms with van der Waals surface area (Å²) in [5, 5.41) is 9.05. The number of amides is 1. The van der Waals surface area contributed by atoms with E-state index in [4.69, 9.17) is 10.8 Å². The van der Waals surface area contributed by atoms with Gasteiger partial charge < -0.3 is 10.8 Å². The van der Waals surface area contributed by atoms with Crippen LogP contribution in [0.2, 0.25) is 0 Å². The molecule has 3 N–H and O–H groups in total. The van der Waals surface area contributed by atoms with Crippen molar-refractivity contribution in [1.29, 1.82) is 0 Å². The molecule has 1 aliphatic rings. The van der Waals surface area contributed by atoms with Crippen molar-refractivity contribution in [2.75, 3.05) is 6.54 Å². The van der Waals surface area contributed by atoms with Crippen LogP contribution < -0.4 is 5.73 Å². The van der Waals surface area contributed by atoms with Crippen molar-refractivity contribution < 1.29 is 23.1 Å². The van der Waals surface area contributed by atoms with Gasteiger partial charge in [-0.25, -0.2) is 13.2 Å². The fourth-order valence-electron chi connectivity index (χ4n) is 2.28. The monoisotopic (exact) mass is 376 g/mol. The van der Waals surface area contributed by atoms with Gasteiger partial charge in [0.15, 0.2) is 0 Å². The Kier molecular flexibility index (Phi) is 4.35. The fourth-order valence-corrected chi connectivity index (χ4v) is 4.38. The number of hydrogen-bond acceptors (Lipinski definition) is 4. The minimum atomic E-state index is -3.96. The Bertz CT molecular complexity index is 704. The Labute approximate surface area is 129 Å². The summed E-state index contributed by atoms with van der Waals surface area (Å²) < 4.78 is 26.4. The Morgan fingerprint density at radius 2 is 2.05 bits per heavy atom. The Morgan fingerprint density at radius 1 is 1.38 bits per heavy atom. The van der Waals surface area contributed by atoms with Crippen LogP contribution in [0.4, 0.5) is 0 Å². The maximum atomic E-state index is 12.5. The first-order chi connectivity index (χ1) is 9.75. The zero-order valence-electron chi connectivity index (χ0n) is 10.8. The molecule has 0 spiro atoms. The molecule has 7 nitrogen and oxygen atoms in total. The SMILES string of the molecule is NC(=O)[C@@H]1CCCN1S(=O)(=O)c1ccc(Br)c(C(=O)O)c1. The second kappa shape index (κ2) is 5.74. The summed E-state index contributed by atoms with van der Waals surface area (Å²) in [7, 11) is -3.96. The van der Waals surface area contributed by atoms with Crippen molar-refractivity contribution in [3.8, 4) is 0 Å². The minimum Gasteiger partial charge on any atom is -0.478 e. The van der Waals surface area contributed by atoms with E-state index in [9.17, 15) is 18.0 Å². The van der Waals surface area contributed by atoms with Gasteiger partial charge in [-0.2, -0.15) is 4.31 Å². The number of benzene rings is 1. The number of halogens is 1. The predicted octanol–water partition coefficient (Wildman–Crippen LogP) is 0.786. The minimum absolute atomic E-state index is 0.161. The Balaban J connectivity index is 2.47. The molecule has 1 amide bonds. The molecule has 1 atom stereocenters. The summed E-state index contributed by atoms with van der Waals surface area (Å²) in [6, 6.07) is 2.83. The molecular formula is C12H13BrN2O5S. The standard InChI is InChI=1S/C12H13BrN2O5S/c13-9-4-3-7(6-8(9)12(17)18)21(19,20)15-5-1-2-10(15)11(14)16/h3-4,6,10H,1-2,5H2,(H2,14,16)(H,17,18)/t10-/m0/s1. The molecule has 1 aliphatic heterocycles. The van der Waals surface area contributed by atoms with Gasteiger partial charge in [0.1, 0.15) is 6.04 Å². The van der Waals surface area contributed by atoms with Gasteiger partial charge in [0.05, 0.1) is 10.5 Å². The molecule has 9 heteroatoms. The average Bonchev–Trinajstić information content (AvgIpc) is 2.88. The molecular weight excluding hydrogens is 364 g/mol. The number of nitrogens with two attached hydrogens (primary N) is 1. The zero-order valence-corrected chi connectivity index (χ0v) is 13.2. The van der Waals surface area contributed by atoms with Gasteiger partial charge in [0.25, 0.3) is 0 Å². The first-order valence-corrected chi connectivity index (χ1v) is 8.32. The van der Waals surface area contributed by atoms with Gasteiger partial charge in [0, 0.05) is 11.0 Å². The fraction of sp³-hybridized carbons (Fsp3) is 0.333. The summed E-state index contributed by atoms with van der Waals surface area (Å²) >= 11 is 3.05.